The first kappa shape index (κ1) is 11.8. The predicted octanol–water partition coefficient (Wildman–Crippen LogP) is 2.12. The quantitative estimate of drug-likeness (QED) is 0.893. The summed E-state index contributed by atoms with van der Waals surface area (Å²) in [6, 6.07) is 2.02. The molecule has 1 unspecified atom stereocenters. The third-order valence-corrected chi connectivity index (χ3v) is 3.03. The molecule has 1 saturated carbocycles. The van der Waals surface area contributed by atoms with Crippen molar-refractivity contribution in [2.75, 3.05) is 6.61 Å². The van der Waals surface area contributed by atoms with E-state index in [-0.39, 0.29) is 12.7 Å². The fraction of sp³-hybridized carbons (Fsp3) is 0.455. The number of ether oxygens (including phenoxy) is 1. The molecule has 0 heterocycles. The summed E-state index contributed by atoms with van der Waals surface area (Å²) >= 11 is 3.25. The number of nitrogens with two attached hydrogens (primary N) is 1. The van der Waals surface area contributed by atoms with Gasteiger partial charge in [-0.15, -0.1) is 0 Å². The number of hydrogen-bond acceptors (Lipinski definition) is 3. The van der Waals surface area contributed by atoms with Crippen molar-refractivity contribution < 1.29 is 14.2 Å². The van der Waals surface area contributed by atoms with Crippen molar-refractivity contribution in [3.8, 4) is 5.75 Å². The van der Waals surface area contributed by atoms with Gasteiger partial charge in [0.25, 0.3) is 0 Å². The second kappa shape index (κ2) is 4.69. The summed E-state index contributed by atoms with van der Waals surface area (Å²) in [6.45, 7) is -0.239. The lowest BCUT2D eigenvalue weighted by Crippen LogP contribution is -2.17. The van der Waals surface area contributed by atoms with E-state index in [0.717, 1.165) is 12.8 Å². The van der Waals surface area contributed by atoms with Crippen LogP contribution in [0.25, 0.3) is 0 Å². The average molecular weight is 290 g/mol. The highest BCUT2D eigenvalue weighted by molar-refractivity contribution is 9.10. The molecule has 0 radical (unpaired) electrons. The molecule has 1 atom stereocenters. The number of halogens is 2. The molecule has 0 amide bonds. The van der Waals surface area contributed by atoms with E-state index in [1.807, 2.05) is 0 Å². The molecule has 88 valence electrons. The van der Waals surface area contributed by atoms with Crippen LogP contribution in [0.3, 0.4) is 0 Å². The molecule has 0 aromatic heterocycles. The summed E-state index contributed by atoms with van der Waals surface area (Å²) in [5.74, 6) is 0.152. The highest BCUT2D eigenvalue weighted by Crippen LogP contribution is 2.37. The van der Waals surface area contributed by atoms with Gasteiger partial charge in [0.15, 0.2) is 0 Å². The van der Waals surface area contributed by atoms with E-state index in [1.165, 1.54) is 12.1 Å². The summed E-state index contributed by atoms with van der Waals surface area (Å²) < 4.78 is 19.4. The maximum atomic E-state index is 13.2. The molecule has 0 aliphatic heterocycles. The minimum Gasteiger partial charge on any atom is -0.489 e. The smallest absolute Gasteiger partial charge is 0.138 e. The molecule has 1 aromatic rings. The van der Waals surface area contributed by atoms with Gasteiger partial charge in [-0.1, -0.05) is 0 Å². The molecule has 1 aromatic carbocycles. The SMILES string of the molecule is NC(CO)c1cc(F)cc(Br)c1OC1CC1. The molecular weight excluding hydrogens is 277 g/mol. The van der Waals surface area contributed by atoms with Gasteiger partial charge in [0.2, 0.25) is 0 Å². The van der Waals surface area contributed by atoms with Crippen molar-refractivity contribution in [2.45, 2.75) is 25.0 Å². The Morgan fingerprint density at radius 3 is 2.81 bits per heavy atom. The van der Waals surface area contributed by atoms with Crippen molar-refractivity contribution in [3.63, 3.8) is 0 Å². The fourth-order valence-electron chi connectivity index (χ4n) is 1.43. The zero-order valence-electron chi connectivity index (χ0n) is 8.62. The Kier molecular flexibility index (Phi) is 3.47. The van der Waals surface area contributed by atoms with Crippen LogP contribution in [-0.2, 0) is 0 Å². The summed E-state index contributed by atoms with van der Waals surface area (Å²) in [5.41, 5.74) is 6.21. The Hall–Kier alpha value is -0.650. The van der Waals surface area contributed by atoms with E-state index in [9.17, 15) is 4.39 Å². The highest BCUT2D eigenvalue weighted by Gasteiger charge is 2.27. The van der Waals surface area contributed by atoms with Gasteiger partial charge in [0.05, 0.1) is 23.2 Å². The van der Waals surface area contributed by atoms with Crippen LogP contribution in [-0.4, -0.2) is 17.8 Å². The largest absolute Gasteiger partial charge is 0.489 e. The maximum absolute atomic E-state index is 13.2. The Bertz CT molecular complexity index is 396. The second-order valence-electron chi connectivity index (χ2n) is 3.91. The molecule has 5 heteroatoms. The number of aliphatic hydroxyl groups is 1. The van der Waals surface area contributed by atoms with Crippen molar-refractivity contribution in [2.24, 2.45) is 5.73 Å². The van der Waals surface area contributed by atoms with Crippen LogP contribution in [0.15, 0.2) is 16.6 Å². The van der Waals surface area contributed by atoms with Crippen LogP contribution in [0.2, 0.25) is 0 Å². The Balaban J connectivity index is 2.36. The van der Waals surface area contributed by atoms with E-state index in [1.54, 1.807) is 0 Å². The Labute approximate surface area is 102 Å². The number of rotatable bonds is 4. The highest BCUT2D eigenvalue weighted by atomic mass is 79.9. The second-order valence-corrected chi connectivity index (χ2v) is 4.77. The Morgan fingerprint density at radius 2 is 2.25 bits per heavy atom. The van der Waals surface area contributed by atoms with Crippen molar-refractivity contribution in [3.05, 3.63) is 28.0 Å². The molecule has 1 aliphatic carbocycles. The van der Waals surface area contributed by atoms with Crippen LogP contribution >= 0.6 is 15.9 Å². The minimum atomic E-state index is -0.624. The van der Waals surface area contributed by atoms with E-state index in [4.69, 9.17) is 15.6 Å². The van der Waals surface area contributed by atoms with Crippen LogP contribution in [0.4, 0.5) is 4.39 Å². The van der Waals surface area contributed by atoms with Crippen molar-refractivity contribution in [1.29, 1.82) is 0 Å². The molecule has 0 bridgehead atoms. The predicted molar refractivity (Wildman–Crippen MR) is 61.8 cm³/mol. The van der Waals surface area contributed by atoms with Gasteiger partial charge in [-0.05, 0) is 40.9 Å². The van der Waals surface area contributed by atoms with E-state index >= 15 is 0 Å². The molecule has 1 aliphatic rings. The molecule has 3 nitrogen and oxygen atoms in total. The Morgan fingerprint density at radius 1 is 1.56 bits per heavy atom. The van der Waals surface area contributed by atoms with Crippen LogP contribution in [0.1, 0.15) is 24.4 Å². The lowest BCUT2D eigenvalue weighted by molar-refractivity contribution is 0.256. The van der Waals surface area contributed by atoms with Gasteiger partial charge in [0.1, 0.15) is 11.6 Å². The molecule has 0 spiro atoms. The number of benzene rings is 1. The molecular formula is C11H13BrFNO2. The standard InChI is InChI=1S/C11H13BrFNO2/c12-9-4-6(13)3-8(10(14)5-15)11(9)16-7-1-2-7/h3-4,7,10,15H,1-2,5,14H2. The first-order valence-electron chi connectivity index (χ1n) is 5.14. The van der Waals surface area contributed by atoms with E-state index < -0.39 is 11.9 Å². The molecule has 2 rings (SSSR count). The van der Waals surface area contributed by atoms with E-state index in [0.29, 0.717) is 15.8 Å². The van der Waals surface area contributed by atoms with E-state index in [2.05, 4.69) is 15.9 Å². The van der Waals surface area contributed by atoms with Crippen LogP contribution in [0, 0.1) is 5.82 Å². The first-order valence-corrected chi connectivity index (χ1v) is 5.93. The lowest BCUT2D eigenvalue weighted by atomic mass is 10.1. The monoisotopic (exact) mass is 289 g/mol. The average Bonchev–Trinajstić information content (AvgIpc) is 3.04. The summed E-state index contributed by atoms with van der Waals surface area (Å²) in [7, 11) is 0. The zero-order valence-corrected chi connectivity index (χ0v) is 10.2. The summed E-state index contributed by atoms with van der Waals surface area (Å²) in [6.07, 6.45) is 2.22. The minimum absolute atomic E-state index is 0.200. The summed E-state index contributed by atoms with van der Waals surface area (Å²) in [5, 5.41) is 9.03. The number of aliphatic hydroxyl groups excluding tert-OH is 1. The van der Waals surface area contributed by atoms with Gasteiger partial charge in [-0.25, -0.2) is 4.39 Å². The molecule has 3 N–H and O–H groups in total. The first-order chi connectivity index (χ1) is 7.61. The maximum Gasteiger partial charge on any atom is 0.138 e. The number of hydrogen-bond donors (Lipinski definition) is 2. The third kappa shape index (κ3) is 2.53. The van der Waals surface area contributed by atoms with Crippen LogP contribution in [0.5, 0.6) is 5.75 Å². The fourth-order valence-corrected chi connectivity index (χ4v) is 1.97. The molecule has 16 heavy (non-hydrogen) atoms. The molecule has 1 fully saturated rings. The van der Waals surface area contributed by atoms with Gasteiger partial charge in [0, 0.05) is 5.56 Å². The third-order valence-electron chi connectivity index (χ3n) is 2.44. The summed E-state index contributed by atoms with van der Waals surface area (Å²) in [4.78, 5) is 0. The van der Waals surface area contributed by atoms with Gasteiger partial charge < -0.3 is 15.6 Å². The van der Waals surface area contributed by atoms with Crippen molar-refractivity contribution in [1.82, 2.24) is 0 Å². The van der Waals surface area contributed by atoms with Gasteiger partial charge >= 0.3 is 0 Å². The molecule has 0 saturated heterocycles. The van der Waals surface area contributed by atoms with Gasteiger partial charge in [-0.3, -0.25) is 0 Å². The topological polar surface area (TPSA) is 55.5 Å². The van der Waals surface area contributed by atoms with Crippen LogP contribution < -0.4 is 10.5 Å². The van der Waals surface area contributed by atoms with Gasteiger partial charge in [-0.2, -0.15) is 0 Å². The normalized spacial score (nSPS) is 17.2. The lowest BCUT2D eigenvalue weighted by Gasteiger charge is -2.16. The zero-order chi connectivity index (χ0) is 11.7. The van der Waals surface area contributed by atoms with Crippen molar-refractivity contribution >= 4 is 15.9 Å².